The highest BCUT2D eigenvalue weighted by Gasteiger charge is 2.52. The van der Waals surface area contributed by atoms with Crippen molar-refractivity contribution in [2.75, 3.05) is 54.1 Å². The van der Waals surface area contributed by atoms with Gasteiger partial charge in [-0.1, -0.05) is 36.4 Å². The second kappa shape index (κ2) is 25.0. The number of ether oxygens (including phenoxy) is 3. The molecule has 0 bridgehead atoms. The van der Waals surface area contributed by atoms with E-state index in [0.29, 0.717) is 41.1 Å². The molecule has 4 aromatic rings. The van der Waals surface area contributed by atoms with Gasteiger partial charge in [-0.2, -0.15) is 0 Å². The minimum atomic E-state index is -2.58. The molecule has 0 saturated heterocycles. The van der Waals surface area contributed by atoms with Gasteiger partial charge in [0.15, 0.2) is 63.1 Å². The van der Waals surface area contributed by atoms with E-state index in [0.717, 1.165) is 50.2 Å². The van der Waals surface area contributed by atoms with Gasteiger partial charge >= 0.3 is 0 Å². The highest BCUT2D eigenvalue weighted by molar-refractivity contribution is 6.27. The third-order valence-electron chi connectivity index (χ3n) is 10.1. The van der Waals surface area contributed by atoms with Gasteiger partial charge < -0.3 is 56.1 Å². The lowest BCUT2D eigenvalue weighted by Gasteiger charge is -2.38. The Morgan fingerprint density at radius 2 is 0.892 bits per heavy atom. The minimum absolute atomic E-state index is 0.0364. The maximum atomic E-state index is 15.1. The lowest BCUT2D eigenvalue weighted by Crippen LogP contribution is -2.63. The molecule has 65 heavy (non-hydrogen) atoms. The van der Waals surface area contributed by atoms with Crippen molar-refractivity contribution < 1.29 is 58.9 Å². The molecular formula is C49H56N4O12. The van der Waals surface area contributed by atoms with Crippen molar-refractivity contribution in [3.05, 3.63) is 119 Å². The molecular weight excluding hydrogens is 837 g/mol. The number of rotatable bonds is 25. The van der Waals surface area contributed by atoms with Crippen LogP contribution in [0.2, 0.25) is 0 Å². The Labute approximate surface area is 377 Å². The summed E-state index contributed by atoms with van der Waals surface area (Å²) >= 11 is 0. The first-order valence-electron chi connectivity index (χ1n) is 20.7. The van der Waals surface area contributed by atoms with Crippen LogP contribution in [0.25, 0.3) is 24.3 Å². The third kappa shape index (κ3) is 14.0. The number of imide groups is 1. The van der Waals surface area contributed by atoms with Gasteiger partial charge in [0.1, 0.15) is 0 Å². The zero-order valence-electron chi connectivity index (χ0n) is 36.5. The van der Waals surface area contributed by atoms with Gasteiger partial charge in [-0.3, -0.25) is 24.1 Å². The van der Waals surface area contributed by atoms with Crippen LogP contribution in [0, 0.1) is 0 Å². The van der Waals surface area contributed by atoms with Crippen molar-refractivity contribution in [1.29, 1.82) is 0 Å². The Morgan fingerprint density at radius 3 is 1.29 bits per heavy atom. The molecule has 0 heterocycles. The molecule has 16 heteroatoms. The van der Waals surface area contributed by atoms with Gasteiger partial charge in [-0.15, -0.1) is 0 Å². The topological polar surface area (TPSA) is 250 Å². The van der Waals surface area contributed by atoms with Crippen molar-refractivity contribution in [3.8, 4) is 46.0 Å². The molecule has 0 aromatic heterocycles. The van der Waals surface area contributed by atoms with E-state index in [1.165, 1.54) is 118 Å². The molecule has 0 aliphatic heterocycles. The number of phenolic OH excluding ortho intramolecular Hbond substituents is 5. The summed E-state index contributed by atoms with van der Waals surface area (Å²) in [5, 5.41) is 57.3. The van der Waals surface area contributed by atoms with Crippen LogP contribution in [0.1, 0.15) is 47.9 Å². The van der Waals surface area contributed by atoms with Crippen LogP contribution in [-0.2, 0) is 19.2 Å². The molecule has 0 saturated carbocycles. The Kier molecular flexibility index (Phi) is 19.4. The number of nitrogens with zero attached hydrogens (tertiary/aromatic N) is 1. The first-order chi connectivity index (χ1) is 31.3. The van der Waals surface area contributed by atoms with Crippen molar-refractivity contribution >= 4 is 47.7 Å². The molecule has 0 radical (unpaired) electrons. The van der Waals surface area contributed by atoms with Crippen LogP contribution in [0.4, 0.5) is 0 Å². The van der Waals surface area contributed by atoms with Crippen LogP contribution in [0.5, 0.6) is 46.0 Å². The van der Waals surface area contributed by atoms with E-state index in [1.54, 1.807) is 0 Å². The molecule has 4 aromatic carbocycles. The van der Waals surface area contributed by atoms with E-state index >= 15 is 9.59 Å². The van der Waals surface area contributed by atoms with E-state index in [2.05, 4.69) is 10.6 Å². The van der Waals surface area contributed by atoms with Crippen LogP contribution in [0.15, 0.2) is 97.1 Å². The smallest absolute Gasteiger partial charge is 0.254 e. The molecule has 344 valence electrons. The van der Waals surface area contributed by atoms with Crippen molar-refractivity contribution in [1.82, 2.24) is 15.5 Å². The highest BCUT2D eigenvalue weighted by atomic mass is 16.5. The van der Waals surface area contributed by atoms with Crippen molar-refractivity contribution in [2.24, 2.45) is 5.73 Å². The summed E-state index contributed by atoms with van der Waals surface area (Å²) in [6.07, 6.45) is 11.3. The predicted octanol–water partition coefficient (Wildman–Crippen LogP) is 5.32. The average Bonchev–Trinajstić information content (AvgIpc) is 3.30. The fourth-order valence-electron chi connectivity index (χ4n) is 6.57. The number of benzene rings is 4. The normalized spacial score (nSPS) is 11.8. The number of hydrogen-bond donors (Lipinski definition) is 8. The number of nitrogens with one attached hydrogen (secondary N) is 2. The number of phenols is 5. The molecule has 9 N–H and O–H groups in total. The van der Waals surface area contributed by atoms with Crippen LogP contribution in [0.3, 0.4) is 0 Å². The summed E-state index contributed by atoms with van der Waals surface area (Å²) in [6, 6.07) is 16.6. The number of carbonyl (C=O) groups is 4. The van der Waals surface area contributed by atoms with Gasteiger partial charge in [0.2, 0.25) is 0 Å². The summed E-state index contributed by atoms with van der Waals surface area (Å²) < 4.78 is 15.7. The Morgan fingerprint density at radius 1 is 0.523 bits per heavy atom. The van der Waals surface area contributed by atoms with Gasteiger partial charge in [0, 0.05) is 12.2 Å². The number of aromatic hydroxyl groups is 5. The molecule has 0 fully saturated rings. The predicted molar refractivity (Wildman–Crippen MR) is 248 cm³/mol. The summed E-state index contributed by atoms with van der Waals surface area (Å²) in [7, 11) is 4.04. The zero-order valence-corrected chi connectivity index (χ0v) is 36.5. The Bertz CT molecular complexity index is 2330. The van der Waals surface area contributed by atoms with E-state index in [-0.39, 0.29) is 46.6 Å². The lowest BCUT2D eigenvalue weighted by molar-refractivity contribution is -0.156. The van der Waals surface area contributed by atoms with Crippen LogP contribution in [-0.4, -0.2) is 113 Å². The quantitative estimate of drug-likeness (QED) is 0.0181. The fraction of sp³-hybridized carbons (Fsp3) is 0.265. The lowest BCUT2D eigenvalue weighted by atomic mass is 9.81. The number of nitrogens with two attached hydrogens (primary N) is 1. The number of unbranched alkanes of at least 4 members (excludes halogenated alkanes) is 1. The third-order valence-corrected chi connectivity index (χ3v) is 10.1. The standard InChI is InChI=1S/C49H56N4O12/c1-63-42-30-34(8-16-38(42)55)11-19-45(59)49(23-28-52-26-5-4-25-51-27-6-24-50,46(60)20-12-35-9-17-39(56)43(31-35)64-2)53(47(61)21-13-33-7-15-37(54)41(58)29-33)48(62)22-14-36-10-18-40(57)44(32-36)65-3/h7-22,29-32,51-52,54-58H,4-6,23-28,50H2,1-3H3/b19-11+,20-12+,21-13+,22-14+. The summed E-state index contributed by atoms with van der Waals surface area (Å²) in [4.78, 5) is 60.4. The number of ketones is 2. The maximum absolute atomic E-state index is 15.1. The SMILES string of the molecule is COc1cc(/C=C/C(=O)N(C(=O)/C=C/c2ccc(O)c(O)c2)C(CCNCCCCNCCCN)(C(=O)/C=C/c2ccc(O)c(OC)c2)C(=O)/C=C/c2ccc(O)c(OC)c2)ccc1O. The molecule has 0 spiro atoms. The largest absolute Gasteiger partial charge is 0.504 e. The van der Waals surface area contributed by atoms with Gasteiger partial charge in [-0.25, -0.2) is 0 Å². The Balaban J connectivity index is 1.93. The van der Waals surface area contributed by atoms with Gasteiger partial charge in [-0.05, 0) is 153 Å². The molecule has 0 aliphatic carbocycles. The van der Waals surface area contributed by atoms with Crippen molar-refractivity contribution in [3.63, 3.8) is 0 Å². The average molecular weight is 893 g/mol. The molecule has 2 amide bonds. The number of methoxy groups -OCH3 is 3. The van der Waals surface area contributed by atoms with E-state index in [4.69, 9.17) is 19.9 Å². The molecule has 0 aliphatic rings. The van der Waals surface area contributed by atoms with Crippen LogP contribution >= 0.6 is 0 Å². The first kappa shape index (κ1) is 50.2. The Hall–Kier alpha value is -7.40. The number of amides is 2. The summed E-state index contributed by atoms with van der Waals surface area (Å²) in [5.41, 5.74) is 4.34. The monoisotopic (exact) mass is 892 g/mol. The number of hydrogen-bond acceptors (Lipinski definition) is 15. The van der Waals surface area contributed by atoms with Gasteiger partial charge in [0.25, 0.3) is 11.8 Å². The van der Waals surface area contributed by atoms with Gasteiger partial charge in [0.05, 0.1) is 21.3 Å². The molecule has 0 unspecified atom stereocenters. The second-order valence-corrected chi connectivity index (χ2v) is 14.6. The van der Waals surface area contributed by atoms with E-state index in [9.17, 15) is 35.1 Å². The molecule has 0 atom stereocenters. The summed E-state index contributed by atoms with van der Waals surface area (Å²) in [6.45, 7) is 2.51. The maximum Gasteiger partial charge on any atom is 0.254 e. The molecule has 16 nitrogen and oxygen atoms in total. The zero-order chi connectivity index (χ0) is 47.4. The van der Waals surface area contributed by atoms with Crippen molar-refractivity contribution in [2.45, 2.75) is 31.2 Å². The first-order valence-corrected chi connectivity index (χ1v) is 20.7. The highest BCUT2D eigenvalue weighted by Crippen LogP contribution is 2.32. The second-order valence-electron chi connectivity index (χ2n) is 14.6. The van der Waals surface area contributed by atoms with E-state index < -0.39 is 46.8 Å². The van der Waals surface area contributed by atoms with E-state index in [1.807, 2.05) is 0 Å². The number of carbonyl (C=O) groups excluding carboxylic acids is 4. The summed E-state index contributed by atoms with van der Waals surface area (Å²) in [5.74, 6) is -5.21. The fourth-order valence-corrected chi connectivity index (χ4v) is 6.57. The minimum Gasteiger partial charge on any atom is -0.504 e. The molecule has 4 rings (SSSR count). The van der Waals surface area contributed by atoms with Crippen LogP contribution < -0.4 is 30.6 Å².